The van der Waals surface area contributed by atoms with Crippen molar-refractivity contribution in [3.8, 4) is 0 Å². The molecule has 1 heterocycles. The number of hydrogen-bond donors (Lipinski definition) is 2. The van der Waals surface area contributed by atoms with Crippen LogP contribution in [0.4, 0.5) is 0 Å². The van der Waals surface area contributed by atoms with Crippen LogP contribution in [0.15, 0.2) is 6.07 Å². The van der Waals surface area contributed by atoms with Crippen molar-refractivity contribution in [3.63, 3.8) is 0 Å². The molecule has 0 amide bonds. The van der Waals surface area contributed by atoms with Crippen molar-refractivity contribution in [1.29, 1.82) is 0 Å². The predicted octanol–water partition coefficient (Wildman–Crippen LogP) is 1.47. The van der Waals surface area contributed by atoms with Gasteiger partial charge in [-0.2, -0.15) is 5.10 Å². The second-order valence-electron chi connectivity index (χ2n) is 3.27. The monoisotopic (exact) mass is 167 g/mol. The van der Waals surface area contributed by atoms with E-state index < -0.39 is 0 Å². The van der Waals surface area contributed by atoms with E-state index in [1.807, 2.05) is 0 Å². The molecule has 0 aliphatic carbocycles. The number of nitrogens with zero attached hydrogens (tertiary/aromatic N) is 1. The number of H-pyrrole nitrogens is 1. The normalized spacial score (nSPS) is 11.0. The molecule has 12 heavy (non-hydrogen) atoms. The number of aryl methyl sites for hydroxylation is 1. The zero-order chi connectivity index (χ0) is 8.97. The fourth-order valence-corrected chi connectivity index (χ4v) is 0.995. The zero-order valence-corrected chi connectivity index (χ0v) is 8.02. The van der Waals surface area contributed by atoms with Crippen LogP contribution in [0.2, 0.25) is 0 Å². The fourth-order valence-electron chi connectivity index (χ4n) is 0.995. The summed E-state index contributed by atoms with van der Waals surface area (Å²) < 4.78 is 0. The van der Waals surface area contributed by atoms with Crippen LogP contribution in [0.5, 0.6) is 0 Å². The summed E-state index contributed by atoms with van der Waals surface area (Å²) in [5.74, 6) is 0. The topological polar surface area (TPSA) is 40.7 Å². The lowest BCUT2D eigenvalue weighted by Crippen LogP contribution is -2.21. The molecular weight excluding hydrogens is 150 g/mol. The van der Waals surface area contributed by atoms with Crippen molar-refractivity contribution in [1.82, 2.24) is 15.5 Å². The van der Waals surface area contributed by atoms with Crippen LogP contribution in [-0.4, -0.2) is 16.2 Å². The SMILES string of the molecule is CCc1cc(CNC(C)C)[nH]n1. The lowest BCUT2D eigenvalue weighted by atomic mass is 10.3. The number of aromatic nitrogens is 2. The van der Waals surface area contributed by atoms with Crippen LogP contribution in [-0.2, 0) is 13.0 Å². The molecule has 0 atom stereocenters. The molecular formula is C9H17N3. The number of hydrogen-bond acceptors (Lipinski definition) is 2. The summed E-state index contributed by atoms with van der Waals surface area (Å²) in [6.45, 7) is 7.26. The summed E-state index contributed by atoms with van der Waals surface area (Å²) in [6, 6.07) is 2.63. The lowest BCUT2D eigenvalue weighted by Gasteiger charge is -2.04. The Morgan fingerprint density at radius 2 is 2.33 bits per heavy atom. The Balaban J connectivity index is 2.41. The second kappa shape index (κ2) is 4.26. The van der Waals surface area contributed by atoms with Gasteiger partial charge in [0.05, 0.1) is 5.69 Å². The summed E-state index contributed by atoms with van der Waals surface area (Å²) in [5.41, 5.74) is 2.30. The Morgan fingerprint density at radius 1 is 1.58 bits per heavy atom. The molecule has 0 aromatic carbocycles. The van der Waals surface area contributed by atoms with Gasteiger partial charge in [0.2, 0.25) is 0 Å². The number of rotatable bonds is 4. The molecule has 3 heteroatoms. The molecule has 0 spiro atoms. The lowest BCUT2D eigenvalue weighted by molar-refractivity contribution is 0.580. The molecule has 2 N–H and O–H groups in total. The standard InChI is InChI=1S/C9H17N3/c1-4-8-5-9(12-11-8)6-10-7(2)3/h5,7,10H,4,6H2,1-3H3,(H,11,12). The van der Waals surface area contributed by atoms with E-state index in [0.717, 1.165) is 18.7 Å². The highest BCUT2D eigenvalue weighted by Gasteiger charge is 1.98. The molecule has 0 bridgehead atoms. The highest BCUT2D eigenvalue weighted by atomic mass is 15.1. The largest absolute Gasteiger partial charge is 0.309 e. The van der Waals surface area contributed by atoms with E-state index in [0.29, 0.717) is 6.04 Å². The van der Waals surface area contributed by atoms with Gasteiger partial charge in [-0.1, -0.05) is 20.8 Å². The highest BCUT2D eigenvalue weighted by molar-refractivity contribution is 5.07. The van der Waals surface area contributed by atoms with Gasteiger partial charge in [-0.15, -0.1) is 0 Å². The van der Waals surface area contributed by atoms with E-state index in [4.69, 9.17) is 0 Å². The minimum atomic E-state index is 0.526. The van der Waals surface area contributed by atoms with E-state index in [9.17, 15) is 0 Å². The molecule has 1 rings (SSSR count). The molecule has 0 unspecified atom stereocenters. The van der Waals surface area contributed by atoms with Gasteiger partial charge in [-0.05, 0) is 12.5 Å². The molecule has 0 radical (unpaired) electrons. The quantitative estimate of drug-likeness (QED) is 0.713. The molecule has 0 fully saturated rings. The number of nitrogens with one attached hydrogen (secondary N) is 2. The van der Waals surface area contributed by atoms with Gasteiger partial charge in [-0.3, -0.25) is 5.10 Å². The second-order valence-corrected chi connectivity index (χ2v) is 3.27. The van der Waals surface area contributed by atoms with Gasteiger partial charge >= 0.3 is 0 Å². The molecule has 0 saturated carbocycles. The predicted molar refractivity (Wildman–Crippen MR) is 49.9 cm³/mol. The van der Waals surface area contributed by atoms with Gasteiger partial charge in [0.1, 0.15) is 0 Å². The van der Waals surface area contributed by atoms with Crippen molar-refractivity contribution >= 4 is 0 Å². The maximum absolute atomic E-state index is 4.15. The smallest absolute Gasteiger partial charge is 0.0622 e. The Hall–Kier alpha value is -0.830. The van der Waals surface area contributed by atoms with Crippen LogP contribution < -0.4 is 5.32 Å². The molecule has 0 aliphatic rings. The first-order valence-corrected chi connectivity index (χ1v) is 4.49. The molecule has 3 nitrogen and oxygen atoms in total. The third kappa shape index (κ3) is 2.66. The fraction of sp³-hybridized carbons (Fsp3) is 0.667. The van der Waals surface area contributed by atoms with Crippen molar-refractivity contribution < 1.29 is 0 Å². The third-order valence-corrected chi connectivity index (χ3v) is 1.75. The summed E-state index contributed by atoms with van der Waals surface area (Å²) >= 11 is 0. The first kappa shape index (κ1) is 9.26. The minimum Gasteiger partial charge on any atom is -0.309 e. The van der Waals surface area contributed by atoms with Gasteiger partial charge in [0.15, 0.2) is 0 Å². The molecule has 0 saturated heterocycles. The van der Waals surface area contributed by atoms with Crippen LogP contribution in [0.3, 0.4) is 0 Å². The molecule has 68 valence electrons. The van der Waals surface area contributed by atoms with Gasteiger partial charge < -0.3 is 5.32 Å². The Bertz CT molecular complexity index is 227. The Labute approximate surface area is 73.6 Å². The maximum Gasteiger partial charge on any atom is 0.0622 e. The van der Waals surface area contributed by atoms with Crippen molar-refractivity contribution in [2.24, 2.45) is 0 Å². The molecule has 0 aliphatic heterocycles. The first-order chi connectivity index (χ1) is 5.72. The van der Waals surface area contributed by atoms with E-state index in [1.54, 1.807) is 0 Å². The Morgan fingerprint density at radius 3 is 2.83 bits per heavy atom. The average Bonchev–Trinajstić information content (AvgIpc) is 2.48. The molecule has 1 aromatic rings. The summed E-state index contributed by atoms with van der Waals surface area (Å²) in [6.07, 6.45) is 0.998. The third-order valence-electron chi connectivity index (χ3n) is 1.75. The first-order valence-electron chi connectivity index (χ1n) is 4.49. The maximum atomic E-state index is 4.15. The molecule has 1 aromatic heterocycles. The number of aromatic amines is 1. The van der Waals surface area contributed by atoms with E-state index in [-0.39, 0.29) is 0 Å². The van der Waals surface area contributed by atoms with Crippen molar-refractivity contribution in [2.45, 2.75) is 39.8 Å². The van der Waals surface area contributed by atoms with Gasteiger partial charge in [0, 0.05) is 18.3 Å². The van der Waals surface area contributed by atoms with Crippen molar-refractivity contribution in [3.05, 3.63) is 17.5 Å². The van der Waals surface area contributed by atoms with E-state index in [2.05, 4.69) is 42.4 Å². The summed E-state index contributed by atoms with van der Waals surface area (Å²) in [5, 5.41) is 10.5. The van der Waals surface area contributed by atoms with Crippen LogP contribution in [0.25, 0.3) is 0 Å². The van der Waals surface area contributed by atoms with Crippen LogP contribution >= 0.6 is 0 Å². The zero-order valence-electron chi connectivity index (χ0n) is 8.02. The average molecular weight is 167 g/mol. The summed E-state index contributed by atoms with van der Waals surface area (Å²) in [4.78, 5) is 0. The van der Waals surface area contributed by atoms with E-state index in [1.165, 1.54) is 5.69 Å². The van der Waals surface area contributed by atoms with Crippen LogP contribution in [0.1, 0.15) is 32.2 Å². The minimum absolute atomic E-state index is 0.526. The van der Waals surface area contributed by atoms with Crippen molar-refractivity contribution in [2.75, 3.05) is 0 Å². The Kier molecular flexibility index (Phi) is 3.29. The van der Waals surface area contributed by atoms with Gasteiger partial charge in [-0.25, -0.2) is 0 Å². The summed E-state index contributed by atoms with van der Waals surface area (Å²) in [7, 11) is 0. The van der Waals surface area contributed by atoms with E-state index >= 15 is 0 Å². The highest BCUT2D eigenvalue weighted by Crippen LogP contribution is 1.99. The van der Waals surface area contributed by atoms with Crippen LogP contribution in [0, 0.1) is 0 Å². The van der Waals surface area contributed by atoms with Gasteiger partial charge in [0.25, 0.3) is 0 Å².